The van der Waals surface area contributed by atoms with Gasteiger partial charge in [-0.1, -0.05) is 0 Å². The van der Waals surface area contributed by atoms with Gasteiger partial charge in [0.1, 0.15) is 0 Å². The highest BCUT2D eigenvalue weighted by Crippen LogP contribution is 2.29. The molecule has 1 aliphatic carbocycles. The highest BCUT2D eigenvalue weighted by Gasteiger charge is 2.28. The van der Waals surface area contributed by atoms with Crippen LogP contribution in [0.2, 0.25) is 0 Å². The summed E-state index contributed by atoms with van der Waals surface area (Å²) in [5.41, 5.74) is 2.71. The minimum atomic E-state index is -0.153. The zero-order chi connectivity index (χ0) is 12.4. The number of nitrogens with zero attached hydrogens (tertiary/aromatic N) is 2. The van der Waals surface area contributed by atoms with Gasteiger partial charge < -0.3 is 10.3 Å². The molecule has 5 nitrogen and oxygen atoms in total. The summed E-state index contributed by atoms with van der Waals surface area (Å²) in [4.78, 5) is 23.6. The van der Waals surface area contributed by atoms with E-state index in [0.29, 0.717) is 0 Å². The number of hydrogen-bond acceptors (Lipinski definition) is 3. The summed E-state index contributed by atoms with van der Waals surface area (Å²) < 4.78 is 0. The number of aryl methyl sites for hydroxylation is 1. The molecule has 1 aliphatic rings. The molecule has 92 valence electrons. The van der Waals surface area contributed by atoms with Gasteiger partial charge in [-0.05, 0) is 31.4 Å². The van der Waals surface area contributed by atoms with Crippen molar-refractivity contribution in [3.8, 4) is 0 Å². The molecule has 0 bridgehead atoms. The van der Waals surface area contributed by atoms with E-state index in [2.05, 4.69) is 20.3 Å². The molecule has 0 aliphatic heterocycles. The molecule has 1 amide bonds. The van der Waals surface area contributed by atoms with Crippen molar-refractivity contribution in [2.75, 3.05) is 5.32 Å². The third-order valence-corrected chi connectivity index (χ3v) is 3.25. The lowest BCUT2D eigenvalue weighted by molar-refractivity contribution is -0.118. The Kier molecular flexibility index (Phi) is 2.80. The standard InChI is InChI=1S/C13H14N4O/c18-13(17-9-3-2-6-14-7-9)10-4-1-5-11-12(10)16-8-15-11/h2-3,6-8,10H,1,4-5H2,(H,15,16)(H,17,18). The monoisotopic (exact) mass is 242 g/mol. The van der Waals surface area contributed by atoms with Crippen molar-refractivity contribution >= 4 is 11.6 Å². The van der Waals surface area contributed by atoms with E-state index in [1.807, 2.05) is 6.07 Å². The highest BCUT2D eigenvalue weighted by atomic mass is 16.1. The van der Waals surface area contributed by atoms with Crippen molar-refractivity contribution in [2.45, 2.75) is 25.2 Å². The number of carbonyl (C=O) groups excluding carboxylic acids is 1. The van der Waals surface area contributed by atoms with E-state index in [1.54, 1.807) is 24.8 Å². The molecule has 5 heteroatoms. The summed E-state index contributed by atoms with van der Waals surface area (Å²) in [5.74, 6) is -0.156. The Labute approximate surface area is 105 Å². The van der Waals surface area contributed by atoms with Gasteiger partial charge in [0, 0.05) is 11.9 Å². The van der Waals surface area contributed by atoms with Crippen molar-refractivity contribution < 1.29 is 4.79 Å². The lowest BCUT2D eigenvalue weighted by Gasteiger charge is -2.20. The quantitative estimate of drug-likeness (QED) is 0.844. The molecule has 1 unspecified atom stereocenters. The molecule has 0 aromatic carbocycles. The molecule has 2 N–H and O–H groups in total. The number of aromatic amines is 1. The third-order valence-electron chi connectivity index (χ3n) is 3.25. The first kappa shape index (κ1) is 11.0. The van der Waals surface area contributed by atoms with Crippen LogP contribution in [0.5, 0.6) is 0 Å². The van der Waals surface area contributed by atoms with Crippen LogP contribution in [0.3, 0.4) is 0 Å². The van der Waals surface area contributed by atoms with E-state index >= 15 is 0 Å². The summed E-state index contributed by atoms with van der Waals surface area (Å²) in [6, 6.07) is 3.63. The Bertz CT molecular complexity index is 549. The predicted molar refractivity (Wildman–Crippen MR) is 67.1 cm³/mol. The number of aromatic nitrogens is 3. The predicted octanol–water partition coefficient (Wildman–Crippen LogP) is 1.86. The number of hydrogen-bond donors (Lipinski definition) is 2. The number of anilines is 1. The van der Waals surface area contributed by atoms with Gasteiger partial charge in [0.05, 0.1) is 29.8 Å². The van der Waals surface area contributed by atoms with Gasteiger partial charge in [0.25, 0.3) is 0 Å². The number of carbonyl (C=O) groups is 1. The average molecular weight is 242 g/mol. The van der Waals surface area contributed by atoms with Gasteiger partial charge >= 0.3 is 0 Å². The molecular weight excluding hydrogens is 228 g/mol. The topological polar surface area (TPSA) is 70.7 Å². The van der Waals surface area contributed by atoms with Crippen LogP contribution in [-0.4, -0.2) is 20.9 Å². The first-order valence-electron chi connectivity index (χ1n) is 6.07. The van der Waals surface area contributed by atoms with Crippen molar-refractivity contribution in [1.29, 1.82) is 0 Å². The van der Waals surface area contributed by atoms with Crippen molar-refractivity contribution in [2.24, 2.45) is 0 Å². The fourth-order valence-electron chi connectivity index (χ4n) is 2.37. The lowest BCUT2D eigenvalue weighted by atomic mass is 9.89. The minimum absolute atomic E-state index is 0.00366. The molecule has 0 fully saturated rings. The van der Waals surface area contributed by atoms with Crippen LogP contribution in [0.15, 0.2) is 30.9 Å². The molecule has 1 atom stereocenters. The highest BCUT2D eigenvalue weighted by molar-refractivity contribution is 5.95. The summed E-state index contributed by atoms with van der Waals surface area (Å²) in [7, 11) is 0. The minimum Gasteiger partial charge on any atom is -0.348 e. The van der Waals surface area contributed by atoms with Crippen LogP contribution in [0.25, 0.3) is 0 Å². The van der Waals surface area contributed by atoms with Crippen LogP contribution in [0.4, 0.5) is 5.69 Å². The SMILES string of the molecule is O=C(Nc1cccnc1)C1CCCc2[nH]cnc21. The second-order valence-corrected chi connectivity index (χ2v) is 4.44. The van der Waals surface area contributed by atoms with Crippen LogP contribution in [0.1, 0.15) is 30.1 Å². The van der Waals surface area contributed by atoms with E-state index in [-0.39, 0.29) is 11.8 Å². The maximum atomic E-state index is 12.2. The van der Waals surface area contributed by atoms with Gasteiger partial charge in [0.15, 0.2) is 0 Å². The zero-order valence-corrected chi connectivity index (χ0v) is 9.89. The second kappa shape index (κ2) is 4.60. The number of imidazole rings is 1. The van der Waals surface area contributed by atoms with Crippen molar-refractivity contribution in [1.82, 2.24) is 15.0 Å². The van der Waals surface area contributed by atoms with E-state index < -0.39 is 0 Å². The largest absolute Gasteiger partial charge is 0.348 e. The molecule has 18 heavy (non-hydrogen) atoms. The van der Waals surface area contributed by atoms with Crippen LogP contribution < -0.4 is 5.32 Å². The Morgan fingerprint density at radius 1 is 1.50 bits per heavy atom. The number of amides is 1. The zero-order valence-electron chi connectivity index (χ0n) is 9.89. The van der Waals surface area contributed by atoms with Crippen molar-refractivity contribution in [3.05, 3.63) is 42.2 Å². The van der Waals surface area contributed by atoms with E-state index in [1.165, 1.54) is 0 Å². The van der Waals surface area contributed by atoms with Gasteiger partial charge in [-0.25, -0.2) is 4.98 Å². The smallest absolute Gasteiger partial charge is 0.233 e. The van der Waals surface area contributed by atoms with Crippen LogP contribution >= 0.6 is 0 Å². The fourth-order valence-corrected chi connectivity index (χ4v) is 2.37. The van der Waals surface area contributed by atoms with E-state index in [9.17, 15) is 4.79 Å². The normalized spacial score (nSPS) is 18.1. The summed E-state index contributed by atoms with van der Waals surface area (Å²) in [5, 5.41) is 2.89. The fraction of sp³-hybridized carbons (Fsp3) is 0.308. The van der Waals surface area contributed by atoms with Crippen LogP contribution in [-0.2, 0) is 11.2 Å². The third kappa shape index (κ3) is 1.99. The van der Waals surface area contributed by atoms with Gasteiger partial charge in [-0.15, -0.1) is 0 Å². The maximum Gasteiger partial charge on any atom is 0.233 e. The van der Waals surface area contributed by atoms with Gasteiger partial charge in [0.2, 0.25) is 5.91 Å². The molecule has 2 aromatic rings. The van der Waals surface area contributed by atoms with E-state index in [0.717, 1.165) is 36.3 Å². The number of H-pyrrole nitrogens is 1. The summed E-state index contributed by atoms with van der Waals surface area (Å²) in [6.07, 6.45) is 7.84. The molecule has 2 aromatic heterocycles. The van der Waals surface area contributed by atoms with Crippen LogP contribution in [0, 0.1) is 0 Å². The molecule has 0 radical (unpaired) electrons. The summed E-state index contributed by atoms with van der Waals surface area (Å²) >= 11 is 0. The molecule has 0 saturated heterocycles. The Morgan fingerprint density at radius 2 is 2.44 bits per heavy atom. The summed E-state index contributed by atoms with van der Waals surface area (Å²) in [6.45, 7) is 0. The Morgan fingerprint density at radius 3 is 3.28 bits per heavy atom. The number of nitrogens with one attached hydrogen (secondary N) is 2. The van der Waals surface area contributed by atoms with Gasteiger partial charge in [-0.2, -0.15) is 0 Å². The van der Waals surface area contributed by atoms with E-state index in [4.69, 9.17) is 0 Å². The molecule has 0 saturated carbocycles. The first-order valence-corrected chi connectivity index (χ1v) is 6.07. The molecule has 3 rings (SSSR count). The second-order valence-electron chi connectivity index (χ2n) is 4.44. The first-order chi connectivity index (χ1) is 8.84. The number of pyridine rings is 1. The molecular formula is C13H14N4O. The molecule has 0 spiro atoms. The van der Waals surface area contributed by atoms with Crippen molar-refractivity contribution in [3.63, 3.8) is 0 Å². The Hall–Kier alpha value is -2.17. The average Bonchev–Trinajstić information content (AvgIpc) is 2.87. The van der Waals surface area contributed by atoms with Gasteiger partial charge in [-0.3, -0.25) is 9.78 Å². The number of fused-ring (bicyclic) bond motifs is 1. The molecule has 2 heterocycles. The number of rotatable bonds is 2. The Balaban J connectivity index is 1.79. The lowest BCUT2D eigenvalue weighted by Crippen LogP contribution is -2.24. The maximum absolute atomic E-state index is 12.2.